The number of hydrogen-bond acceptors (Lipinski definition) is 4. The molecule has 0 saturated heterocycles. The Morgan fingerprint density at radius 3 is 2.71 bits per heavy atom. The van der Waals surface area contributed by atoms with Crippen LogP contribution in [0.5, 0.6) is 0 Å². The van der Waals surface area contributed by atoms with E-state index >= 15 is 0 Å². The van der Waals surface area contributed by atoms with Gasteiger partial charge >= 0.3 is 0 Å². The number of rotatable bonds is 3. The van der Waals surface area contributed by atoms with Crippen LogP contribution < -0.4 is 10.7 Å². The third-order valence-corrected chi connectivity index (χ3v) is 3.06. The standard InChI is InChI=1S/C15H19N3O3/c1-9-7-11(19)10(8-16-14(20)15(2,3)4)13(18-9)12-5-6-17-21-12/h5-7H,8H2,1-4H3,(H,16,20)(H,18,19). The molecule has 0 aromatic carbocycles. The molecule has 0 saturated carbocycles. The maximum atomic E-state index is 12.2. The lowest BCUT2D eigenvalue weighted by atomic mass is 9.95. The van der Waals surface area contributed by atoms with E-state index in [4.69, 9.17) is 4.52 Å². The summed E-state index contributed by atoms with van der Waals surface area (Å²) in [5.41, 5.74) is 1.06. The molecule has 6 heteroatoms. The number of carbonyl (C=O) groups excluding carboxylic acids is 1. The van der Waals surface area contributed by atoms with Gasteiger partial charge in [0, 0.05) is 35.3 Å². The number of aromatic nitrogens is 2. The van der Waals surface area contributed by atoms with Crippen molar-refractivity contribution < 1.29 is 9.32 Å². The number of aryl methyl sites for hydroxylation is 1. The lowest BCUT2D eigenvalue weighted by Gasteiger charge is -2.18. The Morgan fingerprint density at radius 2 is 2.14 bits per heavy atom. The van der Waals surface area contributed by atoms with E-state index in [1.165, 1.54) is 12.3 Å². The molecule has 0 atom stereocenters. The van der Waals surface area contributed by atoms with Gasteiger partial charge in [-0.2, -0.15) is 0 Å². The van der Waals surface area contributed by atoms with Crippen LogP contribution in [0.15, 0.2) is 27.6 Å². The first kappa shape index (κ1) is 15.0. The highest BCUT2D eigenvalue weighted by Gasteiger charge is 2.22. The number of hydrogen-bond donors (Lipinski definition) is 2. The Balaban J connectivity index is 2.35. The number of H-pyrrole nitrogens is 1. The van der Waals surface area contributed by atoms with E-state index in [1.54, 1.807) is 13.0 Å². The molecule has 1 amide bonds. The zero-order chi connectivity index (χ0) is 15.6. The van der Waals surface area contributed by atoms with Gasteiger partial charge in [0.25, 0.3) is 0 Å². The van der Waals surface area contributed by atoms with Gasteiger partial charge in [-0.1, -0.05) is 25.9 Å². The van der Waals surface area contributed by atoms with Crippen LogP contribution in [0.4, 0.5) is 0 Å². The van der Waals surface area contributed by atoms with Gasteiger partial charge in [-0.05, 0) is 6.92 Å². The first-order valence-corrected chi connectivity index (χ1v) is 6.71. The van der Waals surface area contributed by atoms with Gasteiger partial charge in [-0.15, -0.1) is 0 Å². The average molecular weight is 289 g/mol. The van der Waals surface area contributed by atoms with E-state index in [2.05, 4.69) is 15.5 Å². The molecule has 0 spiro atoms. The molecule has 0 bridgehead atoms. The number of aromatic amines is 1. The van der Waals surface area contributed by atoms with Gasteiger partial charge < -0.3 is 14.8 Å². The normalized spacial score (nSPS) is 11.4. The first-order chi connectivity index (χ1) is 9.79. The maximum Gasteiger partial charge on any atom is 0.225 e. The summed E-state index contributed by atoms with van der Waals surface area (Å²) in [7, 11) is 0. The van der Waals surface area contributed by atoms with Gasteiger partial charge in [0.1, 0.15) is 0 Å². The molecule has 6 nitrogen and oxygen atoms in total. The topological polar surface area (TPSA) is 88.0 Å². The summed E-state index contributed by atoms with van der Waals surface area (Å²) in [5.74, 6) is 0.349. The number of amides is 1. The first-order valence-electron chi connectivity index (χ1n) is 6.71. The minimum absolute atomic E-state index is 0.119. The number of nitrogens with one attached hydrogen (secondary N) is 2. The van der Waals surface area contributed by atoms with Crippen molar-refractivity contribution in [3.05, 3.63) is 39.8 Å². The largest absolute Gasteiger partial charge is 0.356 e. The van der Waals surface area contributed by atoms with Gasteiger partial charge in [0.05, 0.1) is 11.9 Å². The summed E-state index contributed by atoms with van der Waals surface area (Å²) in [6.45, 7) is 7.39. The molecule has 21 heavy (non-hydrogen) atoms. The lowest BCUT2D eigenvalue weighted by Crippen LogP contribution is -2.35. The van der Waals surface area contributed by atoms with Crippen LogP contribution in [-0.4, -0.2) is 16.0 Å². The predicted molar refractivity (Wildman–Crippen MR) is 78.6 cm³/mol. The van der Waals surface area contributed by atoms with Crippen molar-refractivity contribution in [3.63, 3.8) is 0 Å². The van der Waals surface area contributed by atoms with E-state index in [-0.39, 0.29) is 17.9 Å². The second-order valence-corrected chi connectivity index (χ2v) is 5.98. The van der Waals surface area contributed by atoms with Crippen LogP contribution in [0.1, 0.15) is 32.0 Å². The van der Waals surface area contributed by atoms with E-state index in [1.807, 2.05) is 20.8 Å². The van der Waals surface area contributed by atoms with Crippen molar-refractivity contribution in [1.82, 2.24) is 15.5 Å². The van der Waals surface area contributed by atoms with Crippen LogP contribution in [0, 0.1) is 12.3 Å². The minimum atomic E-state index is -0.510. The third kappa shape index (κ3) is 3.39. The quantitative estimate of drug-likeness (QED) is 0.904. The number of pyridine rings is 1. The molecule has 2 aromatic heterocycles. The van der Waals surface area contributed by atoms with Gasteiger partial charge in [-0.3, -0.25) is 9.59 Å². The SMILES string of the molecule is Cc1cc(=O)c(CNC(=O)C(C)(C)C)c(-c2ccno2)[nH]1. The van der Waals surface area contributed by atoms with E-state index < -0.39 is 5.41 Å². The highest BCUT2D eigenvalue weighted by molar-refractivity contribution is 5.81. The highest BCUT2D eigenvalue weighted by atomic mass is 16.5. The molecule has 2 rings (SSSR count). The van der Waals surface area contributed by atoms with Crippen molar-refractivity contribution in [1.29, 1.82) is 0 Å². The number of carbonyl (C=O) groups is 1. The Hall–Kier alpha value is -2.37. The summed E-state index contributed by atoms with van der Waals surface area (Å²) in [5, 5.41) is 6.43. The third-order valence-electron chi connectivity index (χ3n) is 3.06. The second kappa shape index (κ2) is 5.55. The molecular formula is C15H19N3O3. The second-order valence-electron chi connectivity index (χ2n) is 5.98. The highest BCUT2D eigenvalue weighted by Crippen LogP contribution is 2.20. The fourth-order valence-electron chi connectivity index (χ4n) is 1.88. The molecule has 0 radical (unpaired) electrons. The van der Waals surface area contributed by atoms with Crippen molar-refractivity contribution in [2.45, 2.75) is 34.2 Å². The maximum absolute atomic E-state index is 12.2. The summed E-state index contributed by atoms with van der Waals surface area (Å²) >= 11 is 0. The minimum Gasteiger partial charge on any atom is -0.356 e. The van der Waals surface area contributed by atoms with Crippen LogP contribution in [0.3, 0.4) is 0 Å². The van der Waals surface area contributed by atoms with Gasteiger partial charge in [0.2, 0.25) is 5.91 Å². The van der Waals surface area contributed by atoms with Gasteiger partial charge in [-0.25, -0.2) is 0 Å². The molecule has 2 heterocycles. The summed E-state index contributed by atoms with van der Waals surface area (Å²) < 4.78 is 5.11. The fraction of sp³-hybridized carbons (Fsp3) is 0.400. The Kier molecular flexibility index (Phi) is 3.97. The molecule has 2 N–H and O–H groups in total. The summed E-state index contributed by atoms with van der Waals surface area (Å²) in [6.07, 6.45) is 1.51. The van der Waals surface area contributed by atoms with Crippen molar-refractivity contribution in [3.8, 4) is 11.5 Å². The van der Waals surface area contributed by atoms with E-state index in [0.717, 1.165) is 5.69 Å². The van der Waals surface area contributed by atoms with Crippen LogP contribution >= 0.6 is 0 Å². The summed E-state index contributed by atoms with van der Waals surface area (Å²) in [4.78, 5) is 27.2. The molecule has 0 unspecified atom stereocenters. The van der Waals surface area contributed by atoms with E-state index in [0.29, 0.717) is 17.0 Å². The van der Waals surface area contributed by atoms with Gasteiger partial charge in [0.15, 0.2) is 11.2 Å². The molecule has 2 aromatic rings. The van der Waals surface area contributed by atoms with Crippen LogP contribution in [0.25, 0.3) is 11.5 Å². The fourth-order valence-corrected chi connectivity index (χ4v) is 1.88. The Bertz CT molecular complexity index is 694. The smallest absolute Gasteiger partial charge is 0.225 e. The van der Waals surface area contributed by atoms with Crippen LogP contribution in [0.2, 0.25) is 0 Å². The predicted octanol–water partition coefficient (Wildman–Crippen LogP) is 2.00. The zero-order valence-electron chi connectivity index (χ0n) is 12.6. The molecule has 112 valence electrons. The zero-order valence-corrected chi connectivity index (χ0v) is 12.6. The monoisotopic (exact) mass is 289 g/mol. The van der Waals surface area contributed by atoms with Crippen molar-refractivity contribution >= 4 is 5.91 Å². The van der Waals surface area contributed by atoms with Crippen LogP contribution in [-0.2, 0) is 11.3 Å². The molecular weight excluding hydrogens is 270 g/mol. The van der Waals surface area contributed by atoms with Crippen molar-refractivity contribution in [2.75, 3.05) is 0 Å². The lowest BCUT2D eigenvalue weighted by molar-refractivity contribution is -0.128. The van der Waals surface area contributed by atoms with E-state index in [9.17, 15) is 9.59 Å². The molecule has 0 aliphatic carbocycles. The molecule has 0 aliphatic heterocycles. The van der Waals surface area contributed by atoms with Crippen molar-refractivity contribution in [2.24, 2.45) is 5.41 Å². The average Bonchev–Trinajstić information content (AvgIpc) is 2.89. The molecule has 0 aliphatic rings. The molecule has 0 fully saturated rings. The Morgan fingerprint density at radius 1 is 1.43 bits per heavy atom. The Labute approximate surface area is 122 Å². The number of nitrogens with zero attached hydrogens (tertiary/aromatic N) is 1. The summed E-state index contributed by atoms with van der Waals surface area (Å²) in [6, 6.07) is 3.16.